The molecule has 0 amide bonds. The van der Waals surface area contributed by atoms with Gasteiger partial charge in [-0.05, 0) is 73.2 Å². The van der Waals surface area contributed by atoms with Gasteiger partial charge in [0.05, 0.1) is 12.0 Å². The van der Waals surface area contributed by atoms with Gasteiger partial charge in [0.2, 0.25) is 0 Å². The molecule has 2 aromatic rings. The third-order valence-corrected chi connectivity index (χ3v) is 5.61. The topological polar surface area (TPSA) is 27.0 Å². The lowest BCUT2D eigenvalue weighted by atomic mass is 9.94. The lowest BCUT2D eigenvalue weighted by Gasteiger charge is -2.27. The molecule has 0 N–H and O–H groups in total. The summed E-state index contributed by atoms with van der Waals surface area (Å²) in [5, 5.41) is 12.3. The van der Waals surface area contributed by atoms with Crippen molar-refractivity contribution in [2.45, 2.75) is 58.5 Å². The standard InChI is InChI=1S/C25H29FN2/c1-18(2)28(17-20-8-11-25(26)19(3)14-20)13-12-24(16-27)23-10-9-21-6-4-5-7-22(21)15-23/h6-11,14-15,18,24H,4-5,12-13,17H2,1-3H3. The number of rotatable bonds is 7. The molecule has 28 heavy (non-hydrogen) atoms. The largest absolute Gasteiger partial charge is 0.297 e. The molecular formula is C25H29FN2. The molecule has 3 heteroatoms. The molecule has 0 heterocycles. The lowest BCUT2D eigenvalue weighted by molar-refractivity contribution is 0.208. The summed E-state index contributed by atoms with van der Waals surface area (Å²) in [6.45, 7) is 7.74. The van der Waals surface area contributed by atoms with E-state index in [4.69, 9.17) is 0 Å². The Hall–Kier alpha value is -2.44. The summed E-state index contributed by atoms with van der Waals surface area (Å²) in [5.74, 6) is -0.275. The van der Waals surface area contributed by atoms with E-state index in [2.05, 4.69) is 55.2 Å². The van der Waals surface area contributed by atoms with E-state index in [1.54, 1.807) is 13.0 Å². The molecular weight excluding hydrogens is 347 g/mol. The smallest absolute Gasteiger partial charge is 0.126 e. The van der Waals surface area contributed by atoms with Gasteiger partial charge in [0.15, 0.2) is 0 Å². The van der Waals surface area contributed by atoms with Crippen LogP contribution in [0.4, 0.5) is 4.39 Å². The van der Waals surface area contributed by atoms with Gasteiger partial charge in [-0.1, -0.05) is 42.5 Å². The lowest BCUT2D eigenvalue weighted by Crippen LogP contribution is -2.32. The first-order chi connectivity index (χ1) is 13.5. The van der Waals surface area contributed by atoms with Gasteiger partial charge in [-0.2, -0.15) is 5.26 Å². The Balaban J connectivity index is 1.71. The van der Waals surface area contributed by atoms with Crippen LogP contribution in [0.15, 0.2) is 36.4 Å². The number of benzene rings is 2. The second kappa shape index (κ2) is 9.17. The summed E-state index contributed by atoms with van der Waals surface area (Å²) in [7, 11) is 0. The minimum atomic E-state index is -0.161. The predicted octanol–water partition coefficient (Wildman–Crippen LogP) is 4.40. The average molecular weight is 377 g/mol. The van der Waals surface area contributed by atoms with Crippen LogP contribution in [-0.4, -0.2) is 17.5 Å². The Labute approximate surface area is 167 Å². The number of nitriles is 1. The molecule has 0 saturated heterocycles. The van der Waals surface area contributed by atoms with Crippen LogP contribution in [0.5, 0.6) is 0 Å². The van der Waals surface area contributed by atoms with Crippen LogP contribution in [0, 0.1) is 24.1 Å². The number of hydrogen-bond acceptors (Lipinski definition) is 2. The number of fused-ring (bicyclic) bond motifs is 1. The highest BCUT2D eigenvalue weighted by Crippen LogP contribution is 2.20. The van der Waals surface area contributed by atoms with Gasteiger partial charge in [-0.25, -0.2) is 4.39 Å². The third kappa shape index (κ3) is 4.88. The summed E-state index contributed by atoms with van der Waals surface area (Å²) in [6.07, 6.45) is 7.50. The van der Waals surface area contributed by atoms with E-state index in [-0.39, 0.29) is 11.7 Å². The van der Waals surface area contributed by atoms with Crippen molar-refractivity contribution in [3.05, 3.63) is 69.3 Å². The Morgan fingerprint density at radius 1 is 1.07 bits per heavy atom. The Morgan fingerprint density at radius 2 is 1.82 bits per heavy atom. The maximum atomic E-state index is 13.5. The van der Waals surface area contributed by atoms with Crippen molar-refractivity contribution in [2.24, 2.45) is 0 Å². The molecule has 0 aliphatic heterocycles. The van der Waals surface area contributed by atoms with Gasteiger partial charge >= 0.3 is 0 Å². The van der Waals surface area contributed by atoms with E-state index in [0.717, 1.165) is 43.5 Å². The molecule has 2 nitrogen and oxygen atoms in total. The minimum Gasteiger partial charge on any atom is -0.297 e. The van der Waals surface area contributed by atoms with E-state index < -0.39 is 0 Å². The molecule has 146 valence electrons. The normalized spacial score (nSPS) is 14.2. The third-order valence-electron chi connectivity index (χ3n) is 5.61. The summed E-state index contributed by atoms with van der Waals surface area (Å²) in [6, 6.07) is 14.6. The zero-order valence-electron chi connectivity index (χ0n) is 17.1. The van der Waals surface area contributed by atoms with E-state index >= 15 is 0 Å². The van der Waals surface area contributed by atoms with Crippen molar-refractivity contribution >= 4 is 12.2 Å². The molecule has 1 aliphatic carbocycles. The first-order valence-corrected chi connectivity index (χ1v) is 10.2. The first-order valence-electron chi connectivity index (χ1n) is 10.2. The quantitative estimate of drug-likeness (QED) is 0.716. The highest BCUT2D eigenvalue weighted by Gasteiger charge is 2.16. The molecule has 0 radical (unpaired) electrons. The minimum absolute atomic E-state index is 0.114. The molecule has 3 rings (SSSR count). The maximum Gasteiger partial charge on any atom is 0.126 e. The monoisotopic (exact) mass is 376 g/mol. The average Bonchev–Trinajstić information content (AvgIpc) is 2.70. The molecule has 0 spiro atoms. The Bertz CT molecular complexity index is 985. The fourth-order valence-corrected chi connectivity index (χ4v) is 3.81. The van der Waals surface area contributed by atoms with Crippen molar-refractivity contribution in [3.63, 3.8) is 0 Å². The molecule has 1 unspecified atom stereocenters. The van der Waals surface area contributed by atoms with Crippen LogP contribution >= 0.6 is 0 Å². The van der Waals surface area contributed by atoms with Crippen LogP contribution < -0.4 is 10.4 Å². The van der Waals surface area contributed by atoms with Crippen molar-refractivity contribution in [3.8, 4) is 6.07 Å². The molecule has 0 bridgehead atoms. The summed E-state index contributed by atoms with van der Waals surface area (Å²) in [5.41, 5.74) is 2.90. The van der Waals surface area contributed by atoms with E-state index in [0.29, 0.717) is 11.6 Å². The summed E-state index contributed by atoms with van der Waals surface area (Å²) < 4.78 is 13.5. The number of hydrogen-bond donors (Lipinski definition) is 0. The molecule has 2 aromatic carbocycles. The molecule has 0 fully saturated rings. The van der Waals surface area contributed by atoms with E-state index in [9.17, 15) is 9.65 Å². The summed E-state index contributed by atoms with van der Waals surface area (Å²) in [4.78, 5) is 2.36. The van der Waals surface area contributed by atoms with E-state index in [1.165, 1.54) is 10.4 Å². The van der Waals surface area contributed by atoms with Crippen LogP contribution in [0.1, 0.15) is 55.7 Å². The van der Waals surface area contributed by atoms with Gasteiger partial charge < -0.3 is 0 Å². The second-order valence-corrected chi connectivity index (χ2v) is 7.99. The van der Waals surface area contributed by atoms with Crippen LogP contribution in [-0.2, 0) is 6.54 Å². The van der Waals surface area contributed by atoms with Crippen molar-refractivity contribution < 1.29 is 4.39 Å². The number of aryl methyl sites for hydroxylation is 1. The van der Waals surface area contributed by atoms with Crippen molar-refractivity contribution in [2.75, 3.05) is 6.54 Å². The van der Waals surface area contributed by atoms with Gasteiger partial charge in [0.25, 0.3) is 0 Å². The van der Waals surface area contributed by atoms with Crippen LogP contribution in [0.25, 0.3) is 12.2 Å². The predicted molar refractivity (Wildman–Crippen MR) is 114 cm³/mol. The van der Waals surface area contributed by atoms with Gasteiger partial charge in [-0.15, -0.1) is 0 Å². The highest BCUT2D eigenvalue weighted by atomic mass is 19.1. The highest BCUT2D eigenvalue weighted by molar-refractivity contribution is 5.40. The van der Waals surface area contributed by atoms with Crippen LogP contribution in [0.2, 0.25) is 0 Å². The first kappa shape index (κ1) is 20.3. The number of nitrogens with zero attached hydrogens (tertiary/aromatic N) is 2. The second-order valence-electron chi connectivity index (χ2n) is 7.99. The molecule has 0 saturated carbocycles. The summed E-state index contributed by atoms with van der Waals surface area (Å²) >= 11 is 0. The van der Waals surface area contributed by atoms with Gasteiger partial charge in [0, 0.05) is 19.1 Å². The van der Waals surface area contributed by atoms with E-state index in [1.807, 2.05) is 12.1 Å². The van der Waals surface area contributed by atoms with Gasteiger partial charge in [-0.3, -0.25) is 4.90 Å². The van der Waals surface area contributed by atoms with Crippen molar-refractivity contribution in [1.29, 1.82) is 5.26 Å². The fraction of sp³-hybridized carbons (Fsp3) is 0.400. The zero-order valence-corrected chi connectivity index (χ0v) is 17.1. The number of halogens is 1. The molecule has 1 atom stereocenters. The molecule has 1 aliphatic rings. The Kier molecular flexibility index (Phi) is 6.65. The van der Waals surface area contributed by atoms with Gasteiger partial charge in [0.1, 0.15) is 5.82 Å². The maximum absolute atomic E-state index is 13.5. The zero-order chi connectivity index (χ0) is 20.1. The van der Waals surface area contributed by atoms with Crippen LogP contribution in [0.3, 0.4) is 0 Å². The fourth-order valence-electron chi connectivity index (χ4n) is 3.81. The Morgan fingerprint density at radius 3 is 2.50 bits per heavy atom. The molecule has 0 aromatic heterocycles. The van der Waals surface area contributed by atoms with Crippen molar-refractivity contribution in [1.82, 2.24) is 4.90 Å². The SMILES string of the molecule is Cc1cc(CN(CCC(C#N)c2ccc3c(c2)=CCCC=3)C(C)C)ccc1F.